The lowest BCUT2D eigenvalue weighted by atomic mass is 10.1. The van der Waals surface area contributed by atoms with E-state index in [4.69, 9.17) is 10.3 Å². The fourth-order valence-electron chi connectivity index (χ4n) is 1.83. The number of benzene rings is 1. The Morgan fingerprint density at radius 2 is 2.16 bits per heavy atom. The molecule has 0 fully saturated rings. The summed E-state index contributed by atoms with van der Waals surface area (Å²) < 4.78 is 18.8. The fourth-order valence-corrected chi connectivity index (χ4v) is 3.14. The van der Waals surface area contributed by atoms with Crippen LogP contribution < -0.4 is 5.73 Å². The summed E-state index contributed by atoms with van der Waals surface area (Å²) >= 11 is 4.87. The van der Waals surface area contributed by atoms with Gasteiger partial charge >= 0.3 is 0 Å². The van der Waals surface area contributed by atoms with Crippen molar-refractivity contribution in [2.24, 2.45) is 0 Å². The number of nitrogen functional groups attached to an aromatic ring is 1. The number of anilines is 1. The molecule has 96 valence electrons. The third-order valence-corrected chi connectivity index (χ3v) is 4.22. The van der Waals surface area contributed by atoms with Gasteiger partial charge in [0.05, 0.1) is 5.56 Å². The third-order valence-electron chi connectivity index (χ3n) is 2.67. The topological polar surface area (TPSA) is 52.0 Å². The monoisotopic (exact) mass is 338 g/mol. The molecule has 3 rings (SSSR count). The van der Waals surface area contributed by atoms with Crippen molar-refractivity contribution in [3.05, 3.63) is 46.0 Å². The van der Waals surface area contributed by atoms with E-state index in [1.807, 2.05) is 17.5 Å². The van der Waals surface area contributed by atoms with E-state index in [1.165, 1.54) is 12.1 Å². The normalized spacial score (nSPS) is 10.8. The van der Waals surface area contributed by atoms with Gasteiger partial charge in [0.25, 0.3) is 0 Å². The summed E-state index contributed by atoms with van der Waals surface area (Å²) in [5, 5.41) is 5.94. The Balaban J connectivity index is 2.21. The van der Waals surface area contributed by atoms with Gasteiger partial charge in [-0.15, -0.1) is 11.3 Å². The minimum atomic E-state index is -0.315. The zero-order valence-corrected chi connectivity index (χ0v) is 12.0. The van der Waals surface area contributed by atoms with Crippen molar-refractivity contribution in [3.8, 4) is 21.7 Å². The first-order chi connectivity index (χ1) is 9.16. The fraction of sp³-hybridized carbons (Fsp3) is 0. The van der Waals surface area contributed by atoms with Crippen LogP contribution in [-0.2, 0) is 0 Å². The Hall–Kier alpha value is -1.66. The van der Waals surface area contributed by atoms with E-state index in [1.54, 1.807) is 17.4 Å². The van der Waals surface area contributed by atoms with Gasteiger partial charge in [0.2, 0.25) is 5.88 Å². The molecular formula is C13H8BrFN2OS. The van der Waals surface area contributed by atoms with Crippen LogP contribution in [0.1, 0.15) is 0 Å². The summed E-state index contributed by atoms with van der Waals surface area (Å²) in [6, 6.07) is 8.28. The molecule has 0 unspecified atom stereocenters. The molecule has 0 aliphatic rings. The van der Waals surface area contributed by atoms with E-state index in [0.717, 1.165) is 16.0 Å². The maximum atomic E-state index is 13.1. The minimum Gasteiger partial charge on any atom is -0.367 e. The molecule has 2 N–H and O–H groups in total. The van der Waals surface area contributed by atoms with E-state index < -0.39 is 0 Å². The van der Waals surface area contributed by atoms with E-state index in [2.05, 4.69) is 21.1 Å². The third kappa shape index (κ3) is 2.17. The van der Waals surface area contributed by atoms with E-state index >= 15 is 0 Å². The molecule has 19 heavy (non-hydrogen) atoms. The first-order valence-corrected chi connectivity index (χ1v) is 7.08. The van der Waals surface area contributed by atoms with Gasteiger partial charge in [-0.25, -0.2) is 4.39 Å². The van der Waals surface area contributed by atoms with Gasteiger partial charge in [0, 0.05) is 14.9 Å². The van der Waals surface area contributed by atoms with Crippen LogP contribution in [0.4, 0.5) is 10.3 Å². The highest BCUT2D eigenvalue weighted by Gasteiger charge is 2.20. The molecule has 0 radical (unpaired) electrons. The van der Waals surface area contributed by atoms with Crippen molar-refractivity contribution in [2.75, 3.05) is 5.73 Å². The molecule has 3 nitrogen and oxygen atoms in total. The molecule has 0 saturated heterocycles. The van der Waals surface area contributed by atoms with Crippen molar-refractivity contribution < 1.29 is 8.91 Å². The second-order valence-corrected chi connectivity index (χ2v) is 5.67. The van der Waals surface area contributed by atoms with Crippen molar-refractivity contribution in [2.45, 2.75) is 0 Å². The number of thiophene rings is 1. The Kier molecular flexibility index (Phi) is 3.12. The SMILES string of the molecule is Nc1onc(-c2ccc(F)cc2Br)c1-c1cccs1. The van der Waals surface area contributed by atoms with Crippen molar-refractivity contribution in [1.82, 2.24) is 5.16 Å². The number of nitrogens with two attached hydrogens (primary N) is 1. The van der Waals surface area contributed by atoms with Gasteiger partial charge in [0.1, 0.15) is 11.5 Å². The van der Waals surface area contributed by atoms with Gasteiger partial charge in [-0.2, -0.15) is 0 Å². The molecule has 1 aromatic carbocycles. The lowest BCUT2D eigenvalue weighted by Gasteiger charge is -2.03. The Morgan fingerprint density at radius 3 is 2.84 bits per heavy atom. The van der Waals surface area contributed by atoms with E-state index in [-0.39, 0.29) is 11.7 Å². The number of nitrogens with zero attached hydrogens (tertiary/aromatic N) is 1. The molecule has 2 heterocycles. The number of halogens is 2. The molecule has 0 bridgehead atoms. The van der Waals surface area contributed by atoms with Crippen molar-refractivity contribution in [3.63, 3.8) is 0 Å². The molecule has 0 saturated carbocycles. The highest BCUT2D eigenvalue weighted by Crippen LogP contribution is 2.40. The van der Waals surface area contributed by atoms with Gasteiger partial charge < -0.3 is 10.3 Å². The lowest BCUT2D eigenvalue weighted by molar-refractivity contribution is 0.439. The first kappa shape index (κ1) is 12.4. The Bertz CT molecular complexity index is 724. The van der Waals surface area contributed by atoms with Crippen LogP contribution in [0, 0.1) is 5.82 Å². The quantitative estimate of drug-likeness (QED) is 0.745. The van der Waals surface area contributed by atoms with Gasteiger partial charge in [-0.05, 0) is 45.6 Å². The molecule has 0 atom stereocenters. The van der Waals surface area contributed by atoms with Crippen LogP contribution in [0.5, 0.6) is 0 Å². The predicted octanol–water partition coefficient (Wildman–Crippen LogP) is 4.55. The number of aromatic nitrogens is 1. The maximum absolute atomic E-state index is 13.1. The zero-order valence-electron chi connectivity index (χ0n) is 9.56. The summed E-state index contributed by atoms with van der Waals surface area (Å²) in [5.74, 6) is -0.0570. The average Bonchev–Trinajstić information content (AvgIpc) is 2.98. The highest BCUT2D eigenvalue weighted by molar-refractivity contribution is 9.10. The van der Waals surface area contributed by atoms with Crippen LogP contribution in [0.2, 0.25) is 0 Å². The second-order valence-electron chi connectivity index (χ2n) is 3.87. The van der Waals surface area contributed by atoms with Crippen LogP contribution in [0.3, 0.4) is 0 Å². The summed E-state index contributed by atoms with van der Waals surface area (Å²) in [5.41, 5.74) is 7.92. The van der Waals surface area contributed by atoms with Crippen LogP contribution in [0.25, 0.3) is 21.7 Å². The predicted molar refractivity (Wildman–Crippen MR) is 77.3 cm³/mol. The lowest BCUT2D eigenvalue weighted by Crippen LogP contribution is -1.87. The Labute approximate surface area is 121 Å². The summed E-state index contributed by atoms with van der Waals surface area (Å²) in [7, 11) is 0. The maximum Gasteiger partial charge on any atom is 0.231 e. The number of rotatable bonds is 2. The molecule has 0 spiro atoms. The summed E-state index contributed by atoms with van der Waals surface area (Å²) in [6.45, 7) is 0. The smallest absolute Gasteiger partial charge is 0.231 e. The Morgan fingerprint density at radius 1 is 1.32 bits per heavy atom. The van der Waals surface area contributed by atoms with E-state index in [0.29, 0.717) is 10.2 Å². The standard InChI is InChI=1S/C13H8BrFN2OS/c14-9-6-7(15)3-4-8(9)12-11(13(16)18-17-12)10-2-1-5-19-10/h1-6H,16H2. The van der Waals surface area contributed by atoms with Gasteiger partial charge in [-0.3, -0.25) is 0 Å². The van der Waals surface area contributed by atoms with E-state index in [9.17, 15) is 4.39 Å². The largest absolute Gasteiger partial charge is 0.367 e. The molecule has 3 aromatic rings. The number of hydrogen-bond acceptors (Lipinski definition) is 4. The molecule has 0 amide bonds. The highest BCUT2D eigenvalue weighted by atomic mass is 79.9. The summed E-state index contributed by atoms with van der Waals surface area (Å²) in [4.78, 5) is 0.963. The van der Waals surface area contributed by atoms with Crippen LogP contribution >= 0.6 is 27.3 Å². The second kappa shape index (κ2) is 4.79. The molecule has 0 aliphatic heterocycles. The molecule has 0 aliphatic carbocycles. The van der Waals surface area contributed by atoms with Crippen molar-refractivity contribution in [1.29, 1.82) is 0 Å². The summed E-state index contributed by atoms with van der Waals surface area (Å²) in [6.07, 6.45) is 0. The van der Waals surface area contributed by atoms with Crippen molar-refractivity contribution >= 4 is 33.2 Å². The molecule has 2 aromatic heterocycles. The van der Waals surface area contributed by atoms with Crippen LogP contribution in [-0.4, -0.2) is 5.16 Å². The number of hydrogen-bond donors (Lipinski definition) is 1. The molecule has 6 heteroatoms. The molecular weight excluding hydrogens is 331 g/mol. The zero-order chi connectivity index (χ0) is 13.4. The van der Waals surface area contributed by atoms with Crippen LogP contribution in [0.15, 0.2) is 44.7 Å². The van der Waals surface area contributed by atoms with Gasteiger partial charge in [0.15, 0.2) is 0 Å². The first-order valence-electron chi connectivity index (χ1n) is 5.41. The minimum absolute atomic E-state index is 0.258. The van der Waals surface area contributed by atoms with Gasteiger partial charge in [-0.1, -0.05) is 11.2 Å². The average molecular weight is 339 g/mol.